The second-order valence-corrected chi connectivity index (χ2v) is 7.26. The zero-order valence-electron chi connectivity index (χ0n) is 14.3. The van der Waals surface area contributed by atoms with Crippen LogP contribution in [0.4, 0.5) is 0 Å². The van der Waals surface area contributed by atoms with Gasteiger partial charge in [0.05, 0.1) is 19.3 Å². The van der Waals surface area contributed by atoms with Gasteiger partial charge in [0.2, 0.25) is 0 Å². The highest BCUT2D eigenvalue weighted by Crippen LogP contribution is 2.57. The average molecular weight is 308 g/mol. The van der Waals surface area contributed by atoms with Crippen LogP contribution in [-0.4, -0.2) is 31.1 Å². The molecule has 2 fully saturated rings. The van der Waals surface area contributed by atoms with E-state index in [4.69, 9.17) is 9.47 Å². The number of rotatable bonds is 4. The lowest BCUT2D eigenvalue weighted by atomic mass is 9.55. The van der Waals surface area contributed by atoms with Crippen LogP contribution < -0.4 is 0 Å². The van der Waals surface area contributed by atoms with Crippen molar-refractivity contribution < 1.29 is 19.1 Å². The van der Waals surface area contributed by atoms with Crippen LogP contribution in [0, 0.1) is 29.1 Å². The van der Waals surface area contributed by atoms with Crippen molar-refractivity contribution in [3.05, 3.63) is 12.7 Å². The summed E-state index contributed by atoms with van der Waals surface area (Å²) in [5, 5.41) is 0. The molecular formula is C18H28O4. The van der Waals surface area contributed by atoms with Gasteiger partial charge in [-0.15, -0.1) is 6.58 Å². The summed E-state index contributed by atoms with van der Waals surface area (Å²) in [7, 11) is 1.36. The Hall–Kier alpha value is -1.16. The lowest BCUT2D eigenvalue weighted by molar-refractivity contribution is -0.170. The molecule has 0 N–H and O–H groups in total. The Morgan fingerprint density at radius 2 is 2.00 bits per heavy atom. The maximum absolute atomic E-state index is 12.9. The van der Waals surface area contributed by atoms with Crippen LogP contribution in [0.15, 0.2) is 12.7 Å². The zero-order chi connectivity index (χ0) is 16.7. The molecule has 0 amide bonds. The fraction of sp³-hybridized carbons (Fsp3) is 0.778. The molecule has 1 saturated heterocycles. The molecule has 1 saturated carbocycles. The second kappa shape index (κ2) is 6.15. The van der Waals surface area contributed by atoms with Crippen molar-refractivity contribution in [2.24, 2.45) is 29.1 Å². The maximum atomic E-state index is 12.9. The molecule has 0 unspecified atom stereocenters. The number of hydrogen-bond donors (Lipinski definition) is 0. The van der Waals surface area contributed by atoms with Crippen LogP contribution in [0.1, 0.15) is 40.5 Å². The third kappa shape index (κ3) is 2.23. The highest BCUT2D eigenvalue weighted by Gasteiger charge is 2.69. The minimum absolute atomic E-state index is 0.0238. The Labute approximate surface area is 133 Å². The van der Waals surface area contributed by atoms with Gasteiger partial charge in [0.1, 0.15) is 0 Å². The SMILES string of the molecule is C=C[C@@H]1O[C@H](C(C)C)[C@@]2(C(=O)OC)C(=O)CC[C@H](C(C)C)[C@@H]12. The van der Waals surface area contributed by atoms with Crippen molar-refractivity contribution in [1.29, 1.82) is 0 Å². The molecule has 4 heteroatoms. The number of ketones is 1. The Morgan fingerprint density at radius 3 is 2.45 bits per heavy atom. The molecule has 5 atom stereocenters. The number of methoxy groups -OCH3 is 1. The predicted molar refractivity (Wildman–Crippen MR) is 84.2 cm³/mol. The molecule has 0 aromatic rings. The minimum atomic E-state index is -1.17. The highest BCUT2D eigenvalue weighted by atomic mass is 16.5. The molecular weight excluding hydrogens is 280 g/mol. The standard InChI is InChI=1S/C18H28O4/c1-7-13-15-12(10(2)3)8-9-14(19)18(15,17(20)21-6)16(22-13)11(4)5/h7,10-13,15-16H,1,8-9H2,2-6H3/t12-,13+,15+,16-,18-/m1/s1. The number of esters is 1. The third-order valence-electron chi connectivity index (χ3n) is 5.48. The van der Waals surface area contributed by atoms with Gasteiger partial charge in [-0.05, 0) is 24.2 Å². The Balaban J connectivity index is 2.64. The lowest BCUT2D eigenvalue weighted by Gasteiger charge is -2.44. The minimum Gasteiger partial charge on any atom is -0.468 e. The predicted octanol–water partition coefficient (Wildman–Crippen LogP) is 3.01. The highest BCUT2D eigenvalue weighted by molar-refractivity contribution is 6.06. The fourth-order valence-electron chi connectivity index (χ4n) is 4.59. The van der Waals surface area contributed by atoms with Gasteiger partial charge in [0.25, 0.3) is 0 Å². The monoisotopic (exact) mass is 308 g/mol. The van der Waals surface area contributed by atoms with E-state index in [1.54, 1.807) is 6.08 Å². The maximum Gasteiger partial charge on any atom is 0.322 e. The first kappa shape index (κ1) is 17.2. The van der Waals surface area contributed by atoms with E-state index in [0.29, 0.717) is 12.3 Å². The van der Waals surface area contributed by atoms with E-state index in [9.17, 15) is 9.59 Å². The molecule has 2 aliphatic rings. The first-order valence-corrected chi connectivity index (χ1v) is 8.22. The van der Waals surface area contributed by atoms with Crippen LogP contribution in [0.5, 0.6) is 0 Å². The van der Waals surface area contributed by atoms with Crippen molar-refractivity contribution in [2.45, 2.75) is 52.7 Å². The van der Waals surface area contributed by atoms with Gasteiger partial charge >= 0.3 is 5.97 Å². The normalized spacial score (nSPS) is 38.2. The molecule has 0 aromatic carbocycles. The van der Waals surface area contributed by atoms with E-state index in [0.717, 1.165) is 6.42 Å². The van der Waals surface area contributed by atoms with Crippen molar-refractivity contribution in [1.82, 2.24) is 0 Å². The number of fused-ring (bicyclic) bond motifs is 1. The average Bonchev–Trinajstić information content (AvgIpc) is 2.83. The largest absolute Gasteiger partial charge is 0.468 e. The summed E-state index contributed by atoms with van der Waals surface area (Å²) in [4.78, 5) is 25.7. The second-order valence-electron chi connectivity index (χ2n) is 7.26. The van der Waals surface area contributed by atoms with Gasteiger partial charge in [-0.3, -0.25) is 9.59 Å². The summed E-state index contributed by atoms with van der Waals surface area (Å²) >= 11 is 0. The van der Waals surface area contributed by atoms with Gasteiger partial charge < -0.3 is 9.47 Å². The molecule has 4 nitrogen and oxygen atoms in total. The topological polar surface area (TPSA) is 52.6 Å². The Bertz CT molecular complexity index is 458. The summed E-state index contributed by atoms with van der Waals surface area (Å²) < 4.78 is 11.2. The van der Waals surface area contributed by atoms with E-state index in [2.05, 4.69) is 20.4 Å². The lowest BCUT2D eigenvalue weighted by Crippen LogP contribution is -2.57. The summed E-state index contributed by atoms with van der Waals surface area (Å²) in [6.07, 6.45) is 2.26. The molecule has 2 rings (SSSR count). The first-order valence-electron chi connectivity index (χ1n) is 8.22. The van der Waals surface area contributed by atoms with Gasteiger partial charge in [0, 0.05) is 12.3 Å². The molecule has 0 aromatic heterocycles. The van der Waals surface area contributed by atoms with Crippen LogP contribution >= 0.6 is 0 Å². The summed E-state index contributed by atoms with van der Waals surface area (Å²) in [5.74, 6) is 0.0513. The Kier molecular flexibility index (Phi) is 4.81. The number of ether oxygens (including phenoxy) is 2. The van der Waals surface area contributed by atoms with Crippen LogP contribution in [0.25, 0.3) is 0 Å². The smallest absolute Gasteiger partial charge is 0.322 e. The third-order valence-corrected chi connectivity index (χ3v) is 5.48. The quantitative estimate of drug-likeness (QED) is 0.455. The summed E-state index contributed by atoms with van der Waals surface area (Å²) in [6.45, 7) is 12.1. The number of hydrogen-bond acceptors (Lipinski definition) is 4. The van der Waals surface area contributed by atoms with E-state index in [1.807, 2.05) is 13.8 Å². The van der Waals surface area contributed by atoms with Gasteiger partial charge in [-0.2, -0.15) is 0 Å². The number of carbonyl (C=O) groups excluding carboxylic acids is 2. The number of Topliss-reactive ketones (excluding diaryl/α,β-unsaturated/α-hetero) is 1. The van der Waals surface area contributed by atoms with Gasteiger partial charge in [-0.25, -0.2) is 0 Å². The molecule has 124 valence electrons. The Morgan fingerprint density at radius 1 is 1.36 bits per heavy atom. The number of carbonyl (C=O) groups is 2. The van der Waals surface area contributed by atoms with Crippen molar-refractivity contribution >= 4 is 11.8 Å². The molecule has 1 heterocycles. The summed E-state index contributed by atoms with van der Waals surface area (Å²) in [5.41, 5.74) is -1.17. The molecule has 0 spiro atoms. The summed E-state index contributed by atoms with van der Waals surface area (Å²) in [6, 6.07) is 0. The molecule has 22 heavy (non-hydrogen) atoms. The van der Waals surface area contributed by atoms with Crippen molar-refractivity contribution in [3.8, 4) is 0 Å². The molecule has 0 bridgehead atoms. The molecule has 1 aliphatic heterocycles. The van der Waals surface area contributed by atoms with E-state index in [-0.39, 0.29) is 29.6 Å². The van der Waals surface area contributed by atoms with Gasteiger partial charge in [0.15, 0.2) is 11.2 Å². The van der Waals surface area contributed by atoms with Crippen molar-refractivity contribution in [2.75, 3.05) is 7.11 Å². The van der Waals surface area contributed by atoms with Crippen molar-refractivity contribution in [3.63, 3.8) is 0 Å². The molecule has 1 aliphatic carbocycles. The van der Waals surface area contributed by atoms with Crippen LogP contribution in [0.2, 0.25) is 0 Å². The van der Waals surface area contributed by atoms with Crippen LogP contribution in [-0.2, 0) is 19.1 Å². The first-order chi connectivity index (χ1) is 10.3. The zero-order valence-corrected chi connectivity index (χ0v) is 14.3. The van der Waals surface area contributed by atoms with E-state index in [1.165, 1.54) is 7.11 Å². The van der Waals surface area contributed by atoms with Gasteiger partial charge in [-0.1, -0.05) is 33.8 Å². The fourth-order valence-corrected chi connectivity index (χ4v) is 4.59. The van der Waals surface area contributed by atoms with Crippen LogP contribution in [0.3, 0.4) is 0 Å². The van der Waals surface area contributed by atoms with E-state index < -0.39 is 17.5 Å². The van der Waals surface area contributed by atoms with E-state index >= 15 is 0 Å². The molecule has 0 radical (unpaired) electrons.